The second kappa shape index (κ2) is 12.5. The maximum atomic E-state index is 5.37. The van der Waals surface area contributed by atoms with Crippen molar-refractivity contribution in [2.75, 3.05) is 19.1 Å². The summed E-state index contributed by atoms with van der Waals surface area (Å²) < 4.78 is 10.7. The number of anilines is 3. The van der Waals surface area contributed by atoms with Crippen LogP contribution in [0.4, 0.5) is 17.1 Å². The van der Waals surface area contributed by atoms with Crippen LogP contribution in [0, 0.1) is 0 Å². The number of hydrogen-bond donors (Lipinski definition) is 0. The Labute approximate surface area is 230 Å². The number of rotatable bonds is 9. The first-order valence-corrected chi connectivity index (χ1v) is 12.9. The molecule has 0 aromatic heterocycles. The third kappa shape index (κ3) is 6.28. The van der Waals surface area contributed by atoms with Crippen LogP contribution in [0.1, 0.15) is 16.7 Å². The SMILES string of the molecule is COc1ccc(N(c2ccc(C=CC=C(c3ccccc3)c3ccccc3)cc2)c2ccc(OC)cc2)cc1. The van der Waals surface area contributed by atoms with Crippen molar-refractivity contribution in [2.45, 2.75) is 0 Å². The van der Waals surface area contributed by atoms with E-state index in [9.17, 15) is 0 Å². The van der Waals surface area contributed by atoms with Crippen LogP contribution in [0.15, 0.2) is 146 Å². The number of allylic oxidation sites excluding steroid dienone is 2. The Hall–Kier alpha value is -5.02. The monoisotopic (exact) mass is 509 g/mol. The molecule has 39 heavy (non-hydrogen) atoms. The van der Waals surface area contributed by atoms with E-state index in [0.29, 0.717) is 0 Å². The summed E-state index contributed by atoms with van der Waals surface area (Å²) in [6.07, 6.45) is 6.44. The predicted octanol–water partition coefficient (Wildman–Crippen LogP) is 9.32. The summed E-state index contributed by atoms with van der Waals surface area (Å²) in [5.74, 6) is 1.65. The van der Waals surface area contributed by atoms with Gasteiger partial charge < -0.3 is 14.4 Å². The number of benzene rings is 5. The normalized spacial score (nSPS) is 10.7. The molecule has 0 saturated heterocycles. The molecule has 0 saturated carbocycles. The average molecular weight is 510 g/mol. The summed E-state index contributed by atoms with van der Waals surface area (Å²) in [4.78, 5) is 2.22. The molecular weight excluding hydrogens is 478 g/mol. The molecule has 0 N–H and O–H groups in total. The number of hydrogen-bond acceptors (Lipinski definition) is 3. The molecule has 0 aliphatic heterocycles. The fourth-order valence-corrected chi connectivity index (χ4v) is 4.49. The fraction of sp³-hybridized carbons (Fsp3) is 0.0556. The molecule has 0 radical (unpaired) electrons. The van der Waals surface area contributed by atoms with Gasteiger partial charge in [-0.2, -0.15) is 0 Å². The lowest BCUT2D eigenvalue weighted by atomic mass is 9.97. The van der Waals surface area contributed by atoms with E-state index in [0.717, 1.165) is 34.1 Å². The zero-order valence-electron chi connectivity index (χ0n) is 22.2. The standard InChI is InChI=1S/C36H31NO2/c1-38-34-24-20-32(21-25-34)37(33-22-26-35(39-2)27-23-33)31-18-16-28(17-19-31)10-9-15-36(29-11-5-3-6-12-29)30-13-7-4-8-14-30/h3-27H,1-2H3. The van der Waals surface area contributed by atoms with Crippen molar-refractivity contribution < 1.29 is 9.47 Å². The highest BCUT2D eigenvalue weighted by atomic mass is 16.5. The van der Waals surface area contributed by atoms with Crippen LogP contribution in [0.3, 0.4) is 0 Å². The lowest BCUT2D eigenvalue weighted by Gasteiger charge is -2.26. The molecule has 5 rings (SSSR count). The van der Waals surface area contributed by atoms with E-state index in [1.807, 2.05) is 36.4 Å². The van der Waals surface area contributed by atoms with Crippen molar-refractivity contribution in [3.63, 3.8) is 0 Å². The van der Waals surface area contributed by atoms with E-state index < -0.39 is 0 Å². The van der Waals surface area contributed by atoms with Gasteiger partial charge in [-0.25, -0.2) is 0 Å². The summed E-state index contributed by atoms with van der Waals surface area (Å²) >= 11 is 0. The Kier molecular flexibility index (Phi) is 8.20. The third-order valence-corrected chi connectivity index (χ3v) is 6.53. The van der Waals surface area contributed by atoms with Gasteiger partial charge in [0, 0.05) is 17.1 Å². The van der Waals surface area contributed by atoms with Gasteiger partial charge in [-0.3, -0.25) is 0 Å². The van der Waals surface area contributed by atoms with Gasteiger partial charge in [0.05, 0.1) is 14.2 Å². The Morgan fingerprint density at radius 3 is 1.33 bits per heavy atom. The summed E-state index contributed by atoms with van der Waals surface area (Å²) in [6, 6.07) is 45.7. The highest BCUT2D eigenvalue weighted by Crippen LogP contribution is 2.36. The van der Waals surface area contributed by atoms with Crippen LogP contribution in [-0.2, 0) is 0 Å². The largest absolute Gasteiger partial charge is 0.497 e. The van der Waals surface area contributed by atoms with E-state index in [-0.39, 0.29) is 0 Å². The molecule has 0 fully saturated rings. The fourth-order valence-electron chi connectivity index (χ4n) is 4.49. The predicted molar refractivity (Wildman–Crippen MR) is 163 cm³/mol. The summed E-state index contributed by atoms with van der Waals surface area (Å²) in [7, 11) is 3.36. The van der Waals surface area contributed by atoms with Gasteiger partial charge in [-0.05, 0) is 82.9 Å². The topological polar surface area (TPSA) is 21.7 Å². The van der Waals surface area contributed by atoms with Gasteiger partial charge in [0.15, 0.2) is 0 Å². The third-order valence-electron chi connectivity index (χ3n) is 6.53. The van der Waals surface area contributed by atoms with Gasteiger partial charge in [-0.15, -0.1) is 0 Å². The molecule has 192 valence electrons. The Morgan fingerprint density at radius 1 is 0.513 bits per heavy atom. The molecule has 0 bridgehead atoms. The van der Waals surface area contributed by atoms with Crippen LogP contribution in [0.2, 0.25) is 0 Å². The van der Waals surface area contributed by atoms with Crippen LogP contribution < -0.4 is 14.4 Å². The van der Waals surface area contributed by atoms with Crippen LogP contribution in [-0.4, -0.2) is 14.2 Å². The van der Waals surface area contributed by atoms with E-state index in [4.69, 9.17) is 9.47 Å². The maximum Gasteiger partial charge on any atom is 0.119 e. The summed E-state index contributed by atoms with van der Waals surface area (Å²) in [5, 5.41) is 0. The molecule has 0 heterocycles. The van der Waals surface area contributed by atoms with Crippen LogP contribution >= 0.6 is 0 Å². The van der Waals surface area contributed by atoms with E-state index in [1.54, 1.807) is 14.2 Å². The maximum absolute atomic E-state index is 5.37. The molecule has 0 atom stereocenters. The molecule has 0 unspecified atom stereocenters. The van der Waals surface area contributed by atoms with E-state index in [2.05, 4.69) is 120 Å². The smallest absolute Gasteiger partial charge is 0.119 e. The average Bonchev–Trinajstić information content (AvgIpc) is 3.02. The van der Waals surface area contributed by atoms with Crippen molar-refractivity contribution in [3.8, 4) is 11.5 Å². The minimum atomic E-state index is 0.826. The quantitative estimate of drug-likeness (QED) is 0.185. The Balaban J connectivity index is 1.44. The summed E-state index contributed by atoms with van der Waals surface area (Å²) in [5.41, 5.74) is 7.85. The second-order valence-corrected chi connectivity index (χ2v) is 8.99. The number of nitrogens with zero attached hydrogens (tertiary/aromatic N) is 1. The van der Waals surface area contributed by atoms with Gasteiger partial charge in [0.2, 0.25) is 0 Å². The molecule has 0 amide bonds. The number of ether oxygens (including phenoxy) is 2. The molecule has 0 spiro atoms. The minimum Gasteiger partial charge on any atom is -0.497 e. The van der Waals surface area contributed by atoms with E-state index in [1.165, 1.54) is 16.7 Å². The van der Waals surface area contributed by atoms with Gasteiger partial charge in [0.1, 0.15) is 11.5 Å². The first-order valence-electron chi connectivity index (χ1n) is 12.9. The van der Waals surface area contributed by atoms with Crippen LogP contribution in [0.25, 0.3) is 11.6 Å². The minimum absolute atomic E-state index is 0.826. The first kappa shape index (κ1) is 25.6. The Bertz CT molecular complexity index is 1430. The van der Waals surface area contributed by atoms with Gasteiger partial charge >= 0.3 is 0 Å². The first-order chi connectivity index (χ1) is 19.2. The lowest BCUT2D eigenvalue weighted by Crippen LogP contribution is -2.09. The second-order valence-electron chi connectivity index (χ2n) is 8.99. The zero-order chi connectivity index (χ0) is 26.9. The molecule has 5 aromatic carbocycles. The Morgan fingerprint density at radius 2 is 0.923 bits per heavy atom. The highest BCUT2D eigenvalue weighted by Gasteiger charge is 2.13. The molecular formula is C36H31NO2. The van der Waals surface area contributed by atoms with Crippen molar-refractivity contribution in [2.24, 2.45) is 0 Å². The van der Waals surface area contributed by atoms with E-state index >= 15 is 0 Å². The highest BCUT2D eigenvalue weighted by molar-refractivity contribution is 5.82. The molecule has 0 aliphatic carbocycles. The van der Waals surface area contributed by atoms with Crippen molar-refractivity contribution >= 4 is 28.7 Å². The molecule has 3 heteroatoms. The molecule has 3 nitrogen and oxygen atoms in total. The lowest BCUT2D eigenvalue weighted by molar-refractivity contribution is 0.415. The van der Waals surface area contributed by atoms with Crippen molar-refractivity contribution in [1.29, 1.82) is 0 Å². The summed E-state index contributed by atoms with van der Waals surface area (Å²) in [6.45, 7) is 0. The van der Waals surface area contributed by atoms with Crippen LogP contribution in [0.5, 0.6) is 11.5 Å². The molecule has 0 aliphatic rings. The van der Waals surface area contributed by atoms with Crippen molar-refractivity contribution in [1.82, 2.24) is 0 Å². The number of methoxy groups -OCH3 is 2. The van der Waals surface area contributed by atoms with Crippen molar-refractivity contribution in [3.05, 3.63) is 162 Å². The van der Waals surface area contributed by atoms with Gasteiger partial charge in [0.25, 0.3) is 0 Å². The zero-order valence-corrected chi connectivity index (χ0v) is 22.2. The molecule has 5 aromatic rings. The van der Waals surface area contributed by atoms with Gasteiger partial charge in [-0.1, -0.05) is 91.0 Å².